The molecule has 0 aromatic rings. The molecule has 0 bridgehead atoms. The fourth-order valence-corrected chi connectivity index (χ4v) is 0.348. The van der Waals surface area contributed by atoms with Crippen molar-refractivity contribution in [1.82, 2.24) is 0 Å². The van der Waals surface area contributed by atoms with Crippen molar-refractivity contribution in [2.45, 2.75) is 0 Å². The lowest BCUT2D eigenvalue weighted by Crippen LogP contribution is -1.65. The van der Waals surface area contributed by atoms with E-state index in [1.54, 1.807) is 0 Å². The van der Waals surface area contributed by atoms with E-state index in [1.807, 2.05) is 0 Å². The Morgan fingerprint density at radius 3 is 2.57 bits per heavy atom. The number of hydrogen-bond donors (Lipinski definition) is 0. The van der Waals surface area contributed by atoms with Gasteiger partial charge in [-0.2, -0.15) is 0 Å². The highest BCUT2D eigenvalue weighted by molar-refractivity contribution is 7.33. The first kappa shape index (κ1) is 6.73. The highest BCUT2D eigenvalue weighted by Crippen LogP contribution is 2.20. The molecule has 0 aliphatic carbocycles. The topological polar surface area (TPSA) is 35.5 Å². The third kappa shape index (κ3) is 3.56. The molecule has 0 N–H and O–H groups in total. The number of rotatable bonds is 3. The smallest absolute Gasteiger partial charge is 0.366 e. The van der Waals surface area contributed by atoms with Crippen molar-refractivity contribution in [1.29, 1.82) is 0 Å². The second-order valence-electron chi connectivity index (χ2n) is 0.739. The predicted molar refractivity (Wildman–Crippen MR) is 27.3 cm³/mol. The summed E-state index contributed by atoms with van der Waals surface area (Å²) in [6.45, 7) is 3.17. The largest absolute Gasteiger partial charge is 0.435 e. The average molecular weight is 122 g/mol. The van der Waals surface area contributed by atoms with Crippen molar-refractivity contribution in [2.24, 2.45) is 0 Å². The lowest BCUT2D eigenvalue weighted by atomic mass is 11.2. The molecule has 4 heteroatoms. The van der Waals surface area contributed by atoms with Crippen LogP contribution in [0.3, 0.4) is 0 Å². The summed E-state index contributed by atoms with van der Waals surface area (Å²) < 4.78 is 18.6. The molecule has 42 valence electrons. The van der Waals surface area contributed by atoms with Gasteiger partial charge in [0, 0.05) is 7.11 Å². The fraction of sp³-hybridized carbons (Fsp3) is 0.333. The minimum absolute atomic E-state index is 1.09. The Balaban J connectivity index is 3.17. The average Bonchev–Trinajstić information content (AvgIpc) is 1.68. The van der Waals surface area contributed by atoms with Crippen molar-refractivity contribution >= 4 is 8.25 Å². The molecule has 0 fully saturated rings. The van der Waals surface area contributed by atoms with Gasteiger partial charge in [-0.3, -0.25) is 0 Å². The second-order valence-corrected chi connectivity index (χ2v) is 1.88. The zero-order chi connectivity index (χ0) is 5.70. The van der Waals surface area contributed by atoms with E-state index >= 15 is 0 Å². The third-order valence-electron chi connectivity index (χ3n) is 0.346. The van der Waals surface area contributed by atoms with Crippen molar-refractivity contribution in [3.63, 3.8) is 0 Å². The molecular formula is C3H7O3P. The molecule has 0 radical (unpaired) electrons. The van der Waals surface area contributed by atoms with Crippen LogP contribution in [0.1, 0.15) is 0 Å². The van der Waals surface area contributed by atoms with Gasteiger partial charge in [0.05, 0.1) is 6.26 Å². The Labute approximate surface area is 42.9 Å². The summed E-state index contributed by atoms with van der Waals surface area (Å²) in [7, 11) is -0.938. The molecule has 1 unspecified atom stereocenters. The highest BCUT2D eigenvalue weighted by Gasteiger charge is 1.85. The van der Waals surface area contributed by atoms with E-state index in [2.05, 4.69) is 15.6 Å². The van der Waals surface area contributed by atoms with Crippen LogP contribution >= 0.6 is 8.25 Å². The van der Waals surface area contributed by atoms with E-state index in [-0.39, 0.29) is 0 Å². The van der Waals surface area contributed by atoms with Gasteiger partial charge in [0.25, 0.3) is 0 Å². The van der Waals surface area contributed by atoms with Crippen LogP contribution in [-0.4, -0.2) is 7.11 Å². The third-order valence-corrected chi connectivity index (χ3v) is 1.04. The Bertz CT molecular complexity index is 80.2. The number of hydrogen-bond acceptors (Lipinski definition) is 3. The first-order valence-corrected chi connectivity index (χ1v) is 2.89. The minimum atomic E-state index is -2.25. The van der Waals surface area contributed by atoms with E-state index in [1.165, 1.54) is 7.11 Å². The fourth-order valence-electron chi connectivity index (χ4n) is 0.116. The summed E-state index contributed by atoms with van der Waals surface area (Å²) in [5.41, 5.74) is 0. The Morgan fingerprint density at radius 1 is 1.86 bits per heavy atom. The summed E-state index contributed by atoms with van der Waals surface area (Å²) in [6.07, 6.45) is 1.09. The van der Waals surface area contributed by atoms with Crippen molar-refractivity contribution < 1.29 is 13.6 Å². The molecule has 0 heterocycles. The quantitative estimate of drug-likeness (QED) is 0.416. The van der Waals surface area contributed by atoms with Crippen LogP contribution in [0.25, 0.3) is 0 Å². The van der Waals surface area contributed by atoms with Crippen LogP contribution in [0, 0.1) is 0 Å². The van der Waals surface area contributed by atoms with Gasteiger partial charge in [-0.25, -0.2) is 4.57 Å². The van der Waals surface area contributed by atoms with Gasteiger partial charge in [-0.1, -0.05) is 6.58 Å². The lowest BCUT2D eigenvalue weighted by molar-refractivity contribution is 0.327. The van der Waals surface area contributed by atoms with Gasteiger partial charge in [-0.05, 0) is 0 Å². The van der Waals surface area contributed by atoms with Crippen LogP contribution in [0.2, 0.25) is 0 Å². The molecule has 0 spiro atoms. The van der Waals surface area contributed by atoms with Gasteiger partial charge in [0.15, 0.2) is 0 Å². The van der Waals surface area contributed by atoms with Crippen molar-refractivity contribution in [3.8, 4) is 0 Å². The molecule has 0 saturated heterocycles. The molecule has 7 heavy (non-hydrogen) atoms. The zero-order valence-corrected chi connectivity index (χ0v) is 5.01. The second kappa shape index (κ2) is 3.90. The summed E-state index contributed by atoms with van der Waals surface area (Å²) >= 11 is 0. The normalized spacial score (nSPS) is 12.7. The zero-order valence-electron chi connectivity index (χ0n) is 4.01. The first-order valence-electron chi connectivity index (χ1n) is 1.66. The molecule has 0 aliphatic heterocycles. The Kier molecular flexibility index (Phi) is 3.75. The van der Waals surface area contributed by atoms with E-state index < -0.39 is 8.25 Å². The van der Waals surface area contributed by atoms with E-state index in [0.29, 0.717) is 0 Å². The van der Waals surface area contributed by atoms with Gasteiger partial charge in [0.2, 0.25) is 0 Å². The summed E-state index contributed by atoms with van der Waals surface area (Å²) in [5, 5.41) is 0. The summed E-state index contributed by atoms with van der Waals surface area (Å²) in [5.74, 6) is 0. The highest BCUT2D eigenvalue weighted by atomic mass is 31.1. The van der Waals surface area contributed by atoms with Gasteiger partial charge in [-0.15, -0.1) is 0 Å². The minimum Gasteiger partial charge on any atom is -0.435 e. The molecule has 0 aliphatic rings. The maximum Gasteiger partial charge on any atom is 0.366 e. The van der Waals surface area contributed by atoms with Crippen LogP contribution in [-0.2, 0) is 13.6 Å². The van der Waals surface area contributed by atoms with Crippen LogP contribution in [0.5, 0.6) is 0 Å². The Morgan fingerprint density at radius 2 is 2.43 bits per heavy atom. The molecular weight excluding hydrogens is 115 g/mol. The molecule has 0 aromatic heterocycles. The van der Waals surface area contributed by atoms with Gasteiger partial charge in [0.1, 0.15) is 0 Å². The van der Waals surface area contributed by atoms with Gasteiger partial charge < -0.3 is 9.05 Å². The molecule has 0 saturated carbocycles. The van der Waals surface area contributed by atoms with Crippen molar-refractivity contribution in [3.05, 3.63) is 12.8 Å². The monoisotopic (exact) mass is 122 g/mol. The van der Waals surface area contributed by atoms with E-state index in [9.17, 15) is 4.57 Å². The molecule has 0 rings (SSSR count). The Hall–Kier alpha value is -0.270. The van der Waals surface area contributed by atoms with E-state index in [0.717, 1.165) is 6.26 Å². The van der Waals surface area contributed by atoms with Crippen LogP contribution in [0.4, 0.5) is 0 Å². The lowest BCUT2D eigenvalue weighted by Gasteiger charge is -1.92. The summed E-state index contributed by atoms with van der Waals surface area (Å²) in [4.78, 5) is 0. The molecule has 0 amide bonds. The molecule has 0 aromatic carbocycles. The SMILES string of the molecule is C=CO[PH](=O)OC. The van der Waals surface area contributed by atoms with Crippen LogP contribution in [0.15, 0.2) is 12.8 Å². The maximum atomic E-state index is 10.1. The molecule has 3 nitrogen and oxygen atoms in total. The summed E-state index contributed by atoms with van der Waals surface area (Å²) in [6, 6.07) is 0. The first-order chi connectivity index (χ1) is 3.31. The predicted octanol–water partition coefficient (Wildman–Crippen LogP) is 1.18. The van der Waals surface area contributed by atoms with Gasteiger partial charge >= 0.3 is 8.25 Å². The van der Waals surface area contributed by atoms with E-state index in [4.69, 9.17) is 0 Å². The maximum absolute atomic E-state index is 10.1. The van der Waals surface area contributed by atoms with Crippen LogP contribution < -0.4 is 0 Å². The van der Waals surface area contributed by atoms with Crippen molar-refractivity contribution in [2.75, 3.05) is 7.11 Å². The standard InChI is InChI=1S/C3H7O3P/c1-3-6-7(4)5-2/h3,7H,1H2,2H3. The molecule has 1 atom stereocenters.